The Morgan fingerprint density at radius 3 is 2.52 bits per heavy atom. The van der Waals surface area contributed by atoms with Crippen LogP contribution in [0.25, 0.3) is 6.08 Å². The van der Waals surface area contributed by atoms with Gasteiger partial charge in [-0.3, -0.25) is 28.7 Å². The lowest BCUT2D eigenvalue weighted by Crippen LogP contribution is -2.40. The second-order valence-corrected chi connectivity index (χ2v) is 7.95. The highest BCUT2D eigenvalue weighted by molar-refractivity contribution is 6.05. The monoisotopic (exact) mass is 450 g/mol. The van der Waals surface area contributed by atoms with Gasteiger partial charge >= 0.3 is 5.69 Å². The molecule has 1 aromatic carbocycles. The van der Waals surface area contributed by atoms with E-state index >= 15 is 0 Å². The Morgan fingerprint density at radius 2 is 1.91 bits per heavy atom. The van der Waals surface area contributed by atoms with Gasteiger partial charge in [0.25, 0.3) is 11.5 Å². The van der Waals surface area contributed by atoms with Crippen LogP contribution in [0.3, 0.4) is 0 Å². The van der Waals surface area contributed by atoms with Crippen molar-refractivity contribution in [2.45, 2.75) is 46.7 Å². The molecule has 2 aromatic heterocycles. The molecule has 0 saturated heterocycles. The molecule has 0 aliphatic heterocycles. The molecule has 33 heavy (non-hydrogen) atoms. The Balaban J connectivity index is 2.09. The quantitative estimate of drug-likeness (QED) is 0.511. The first-order valence-corrected chi connectivity index (χ1v) is 10.9. The van der Waals surface area contributed by atoms with Gasteiger partial charge in [0, 0.05) is 30.9 Å². The van der Waals surface area contributed by atoms with Gasteiger partial charge in [0.2, 0.25) is 0 Å². The number of carbonyl (C=O) groups excluding carboxylic acids is 1. The molecule has 1 amide bonds. The van der Waals surface area contributed by atoms with Crippen LogP contribution >= 0.6 is 0 Å². The van der Waals surface area contributed by atoms with E-state index in [0.29, 0.717) is 13.0 Å². The maximum absolute atomic E-state index is 13.4. The molecule has 0 radical (unpaired) electrons. The highest BCUT2D eigenvalue weighted by Gasteiger charge is 2.23. The van der Waals surface area contributed by atoms with Gasteiger partial charge in [-0.25, -0.2) is 4.79 Å². The molecule has 0 unspecified atom stereocenters. The van der Waals surface area contributed by atoms with E-state index < -0.39 is 17.2 Å². The first-order valence-electron chi connectivity index (χ1n) is 10.9. The maximum atomic E-state index is 13.4. The summed E-state index contributed by atoms with van der Waals surface area (Å²) in [7, 11) is 1.84. The number of unbranched alkanes of at least 4 members (excludes halogenated alkanes) is 1. The second kappa shape index (κ2) is 10.2. The number of hydrogen-bond acceptors (Lipinski definition) is 5. The van der Waals surface area contributed by atoms with Crippen molar-refractivity contribution in [1.29, 1.82) is 0 Å². The van der Waals surface area contributed by atoms with Crippen molar-refractivity contribution in [3.63, 3.8) is 0 Å². The summed E-state index contributed by atoms with van der Waals surface area (Å²) in [5.41, 5.74) is 8.32. The predicted molar refractivity (Wildman–Crippen MR) is 130 cm³/mol. The van der Waals surface area contributed by atoms with Gasteiger partial charge < -0.3 is 5.73 Å². The molecule has 0 aliphatic rings. The number of hydrogen-bond donors (Lipinski definition) is 2. The van der Waals surface area contributed by atoms with E-state index in [1.54, 1.807) is 10.8 Å². The molecule has 3 rings (SSSR count). The molecule has 0 atom stereocenters. The summed E-state index contributed by atoms with van der Waals surface area (Å²) in [4.78, 5) is 42.2. The van der Waals surface area contributed by atoms with E-state index in [9.17, 15) is 14.4 Å². The zero-order valence-electron chi connectivity index (χ0n) is 19.5. The Bertz CT molecular complexity index is 1280. The Kier molecular flexibility index (Phi) is 7.32. The van der Waals surface area contributed by atoms with Gasteiger partial charge in [-0.2, -0.15) is 5.10 Å². The molecule has 3 aromatic rings. The molecule has 0 spiro atoms. The zero-order chi connectivity index (χ0) is 24.1. The lowest BCUT2D eigenvalue weighted by molar-refractivity contribution is -0.114. The number of H-pyrrole nitrogens is 1. The molecule has 0 fully saturated rings. The molecule has 9 heteroatoms. The largest absolute Gasteiger partial charge is 0.383 e. The maximum Gasteiger partial charge on any atom is 0.330 e. The number of aryl methyl sites for hydroxylation is 2. The van der Waals surface area contributed by atoms with E-state index in [1.807, 2.05) is 58.2 Å². The van der Waals surface area contributed by atoms with E-state index in [0.717, 1.165) is 28.9 Å². The van der Waals surface area contributed by atoms with E-state index in [2.05, 4.69) is 10.1 Å². The van der Waals surface area contributed by atoms with Crippen molar-refractivity contribution >= 4 is 23.5 Å². The van der Waals surface area contributed by atoms with Crippen LogP contribution in [0.4, 0.5) is 11.5 Å². The van der Waals surface area contributed by atoms with Crippen molar-refractivity contribution in [2.75, 3.05) is 10.6 Å². The molecular formula is C24H30N6O3. The zero-order valence-corrected chi connectivity index (χ0v) is 19.5. The number of nitrogen functional groups attached to an aromatic ring is 1. The highest BCUT2D eigenvalue weighted by atomic mass is 16.2. The number of nitrogens with one attached hydrogen (secondary N) is 1. The van der Waals surface area contributed by atoms with Crippen molar-refractivity contribution in [2.24, 2.45) is 7.05 Å². The molecule has 2 heterocycles. The van der Waals surface area contributed by atoms with Crippen molar-refractivity contribution in [1.82, 2.24) is 19.3 Å². The number of nitrogens with zero attached hydrogens (tertiary/aromatic N) is 4. The number of carbonyl (C=O) groups is 1. The van der Waals surface area contributed by atoms with Crippen LogP contribution in [-0.2, 0) is 24.9 Å². The van der Waals surface area contributed by atoms with Crippen molar-refractivity contribution < 1.29 is 4.79 Å². The Labute approximate surface area is 192 Å². The van der Waals surface area contributed by atoms with E-state index in [4.69, 9.17) is 5.73 Å². The van der Waals surface area contributed by atoms with Crippen LogP contribution in [0.15, 0.2) is 46.0 Å². The predicted octanol–water partition coefficient (Wildman–Crippen LogP) is 2.52. The number of aromatic nitrogens is 4. The van der Waals surface area contributed by atoms with Crippen LogP contribution < -0.4 is 21.9 Å². The summed E-state index contributed by atoms with van der Waals surface area (Å²) in [5.74, 6) is -0.456. The number of rotatable bonds is 8. The fourth-order valence-electron chi connectivity index (χ4n) is 3.69. The fourth-order valence-corrected chi connectivity index (χ4v) is 3.69. The van der Waals surface area contributed by atoms with Crippen molar-refractivity contribution in [3.8, 4) is 0 Å². The van der Waals surface area contributed by atoms with Gasteiger partial charge in [0.1, 0.15) is 5.82 Å². The summed E-state index contributed by atoms with van der Waals surface area (Å²) in [6, 6.07) is 9.29. The van der Waals surface area contributed by atoms with Gasteiger partial charge in [-0.05, 0) is 31.9 Å². The Hall–Kier alpha value is -3.88. The molecular weight excluding hydrogens is 420 g/mol. The molecule has 174 valence electrons. The number of benzene rings is 1. The average molecular weight is 451 g/mol. The fraction of sp³-hybridized carbons (Fsp3) is 0.333. The average Bonchev–Trinajstić information content (AvgIpc) is 3.02. The third-order valence-corrected chi connectivity index (χ3v) is 5.63. The highest BCUT2D eigenvalue weighted by Crippen LogP contribution is 2.21. The third kappa shape index (κ3) is 5.14. The van der Waals surface area contributed by atoms with E-state index in [1.165, 1.54) is 15.5 Å². The van der Waals surface area contributed by atoms with Crippen LogP contribution in [-0.4, -0.2) is 25.2 Å². The lowest BCUT2D eigenvalue weighted by Gasteiger charge is -2.23. The number of aromatic amines is 1. The number of amides is 1. The molecule has 9 nitrogen and oxygen atoms in total. The van der Waals surface area contributed by atoms with Crippen LogP contribution in [0.5, 0.6) is 0 Å². The van der Waals surface area contributed by atoms with Crippen LogP contribution in [0.2, 0.25) is 0 Å². The normalized spacial score (nSPS) is 11.3. The summed E-state index contributed by atoms with van der Waals surface area (Å²) < 4.78 is 3.05. The standard InChI is InChI=1S/C24H30N6O3/c1-5-6-14-29-22(25)21(23(32)26-24(29)33)30(15-18-10-8-7-9-11-18)20(31)13-12-19-16(2)27-28(4)17(19)3/h7-13H,5-6,14-15,25H2,1-4H3,(H,26,32,33). The third-order valence-electron chi connectivity index (χ3n) is 5.63. The summed E-state index contributed by atoms with van der Waals surface area (Å²) in [6.45, 7) is 6.24. The summed E-state index contributed by atoms with van der Waals surface area (Å²) >= 11 is 0. The smallest absolute Gasteiger partial charge is 0.330 e. The van der Waals surface area contributed by atoms with Crippen molar-refractivity contribution in [3.05, 3.63) is 79.8 Å². The lowest BCUT2D eigenvalue weighted by atomic mass is 10.1. The topological polar surface area (TPSA) is 119 Å². The second-order valence-electron chi connectivity index (χ2n) is 7.95. The summed E-state index contributed by atoms with van der Waals surface area (Å²) in [6.07, 6.45) is 4.65. The molecule has 0 aliphatic carbocycles. The van der Waals surface area contributed by atoms with Crippen LogP contribution in [0, 0.1) is 13.8 Å². The minimum absolute atomic E-state index is 0.0244. The molecule has 3 N–H and O–H groups in total. The van der Waals surface area contributed by atoms with E-state index in [-0.39, 0.29) is 18.1 Å². The summed E-state index contributed by atoms with van der Waals surface area (Å²) in [5, 5.41) is 4.36. The molecule has 0 saturated carbocycles. The first kappa shape index (κ1) is 23.8. The number of anilines is 2. The van der Waals surface area contributed by atoms with Gasteiger partial charge in [0.05, 0.1) is 12.2 Å². The molecule has 0 bridgehead atoms. The Morgan fingerprint density at radius 1 is 1.21 bits per heavy atom. The minimum atomic E-state index is -0.698. The van der Waals surface area contributed by atoms with Gasteiger partial charge in [-0.1, -0.05) is 43.7 Å². The van der Waals surface area contributed by atoms with Gasteiger partial charge in [0.15, 0.2) is 5.69 Å². The van der Waals surface area contributed by atoms with Crippen LogP contribution in [0.1, 0.15) is 42.3 Å². The number of nitrogens with two attached hydrogens (primary N) is 1. The van der Waals surface area contributed by atoms with Gasteiger partial charge in [-0.15, -0.1) is 0 Å². The SMILES string of the molecule is CCCCn1c(N)c(N(Cc2ccccc2)C(=O)C=Cc2c(C)nn(C)c2C)c(=O)[nH]c1=O. The first-order chi connectivity index (χ1) is 15.7. The minimum Gasteiger partial charge on any atom is -0.383 e.